The number of ether oxygens (including phenoxy) is 1. The van der Waals surface area contributed by atoms with E-state index in [-0.39, 0.29) is 17.4 Å². The number of nitrogens with one attached hydrogen (secondary N) is 1. The first-order chi connectivity index (χ1) is 10.5. The first-order valence-corrected chi connectivity index (χ1v) is 6.67. The van der Waals surface area contributed by atoms with E-state index >= 15 is 0 Å². The fraction of sp³-hybridized carbons (Fsp3) is 0.200. The van der Waals surface area contributed by atoms with Crippen LogP contribution in [0.3, 0.4) is 0 Å². The van der Waals surface area contributed by atoms with Crippen LogP contribution in [0, 0.1) is 21.7 Å². The second-order valence-electron chi connectivity index (χ2n) is 4.93. The van der Waals surface area contributed by atoms with Crippen LogP contribution < -0.4 is 10.1 Å². The maximum Gasteiger partial charge on any atom is 0.295 e. The van der Waals surface area contributed by atoms with Gasteiger partial charge in [0, 0.05) is 12.0 Å². The highest BCUT2D eigenvalue weighted by Crippen LogP contribution is 2.37. The van der Waals surface area contributed by atoms with E-state index in [9.17, 15) is 18.9 Å². The second-order valence-corrected chi connectivity index (χ2v) is 4.93. The van der Waals surface area contributed by atoms with E-state index in [1.54, 1.807) is 0 Å². The lowest BCUT2D eigenvalue weighted by Crippen LogP contribution is -2.21. The molecule has 1 heterocycles. The van der Waals surface area contributed by atoms with Gasteiger partial charge in [-0.05, 0) is 30.3 Å². The van der Waals surface area contributed by atoms with Gasteiger partial charge in [-0.2, -0.15) is 0 Å². The lowest BCUT2D eigenvalue weighted by Gasteiger charge is -2.27. The van der Waals surface area contributed by atoms with Crippen LogP contribution in [0.5, 0.6) is 5.75 Å². The van der Waals surface area contributed by atoms with E-state index in [4.69, 9.17) is 4.74 Å². The van der Waals surface area contributed by atoms with E-state index < -0.39 is 16.6 Å². The third-order valence-corrected chi connectivity index (χ3v) is 3.50. The van der Waals surface area contributed by atoms with E-state index in [0.29, 0.717) is 24.3 Å². The zero-order valence-electron chi connectivity index (χ0n) is 11.4. The van der Waals surface area contributed by atoms with Gasteiger partial charge >= 0.3 is 0 Å². The minimum atomic E-state index is -0.685. The van der Waals surface area contributed by atoms with Crippen LogP contribution in [0.2, 0.25) is 0 Å². The van der Waals surface area contributed by atoms with Crippen molar-refractivity contribution in [1.82, 2.24) is 0 Å². The van der Waals surface area contributed by atoms with Gasteiger partial charge in [-0.25, -0.2) is 8.78 Å². The largest absolute Gasteiger partial charge is 0.493 e. The normalized spacial score (nSPS) is 16.5. The maximum absolute atomic E-state index is 13.4. The number of fused-ring (bicyclic) bond motifs is 1. The smallest absolute Gasteiger partial charge is 0.295 e. The van der Waals surface area contributed by atoms with Crippen LogP contribution in [0.1, 0.15) is 18.0 Å². The molecule has 3 rings (SSSR count). The van der Waals surface area contributed by atoms with E-state index in [1.165, 1.54) is 24.3 Å². The van der Waals surface area contributed by atoms with Crippen LogP contribution >= 0.6 is 0 Å². The Bertz CT molecular complexity index is 737. The summed E-state index contributed by atoms with van der Waals surface area (Å²) in [6, 6.07) is 7.11. The van der Waals surface area contributed by atoms with E-state index in [0.717, 1.165) is 12.1 Å². The van der Waals surface area contributed by atoms with Crippen LogP contribution in [0.4, 0.5) is 20.2 Å². The number of halogens is 2. The molecule has 0 spiro atoms. The SMILES string of the molecule is O=[N+]([O-])c1cc(F)ccc1NC1CCOc2ccc(F)cc21. The van der Waals surface area contributed by atoms with Gasteiger partial charge in [0.1, 0.15) is 23.1 Å². The molecular weight excluding hydrogens is 294 g/mol. The van der Waals surface area contributed by atoms with Crippen molar-refractivity contribution >= 4 is 11.4 Å². The quantitative estimate of drug-likeness (QED) is 0.692. The molecular formula is C15H12F2N2O3. The zero-order valence-corrected chi connectivity index (χ0v) is 11.4. The van der Waals surface area contributed by atoms with Crippen molar-refractivity contribution in [2.75, 3.05) is 11.9 Å². The Kier molecular flexibility index (Phi) is 3.62. The molecule has 0 bridgehead atoms. The number of nitro benzene ring substituents is 1. The van der Waals surface area contributed by atoms with Crippen molar-refractivity contribution in [3.63, 3.8) is 0 Å². The topological polar surface area (TPSA) is 64.4 Å². The van der Waals surface area contributed by atoms with Crippen molar-refractivity contribution in [3.8, 4) is 5.75 Å². The van der Waals surface area contributed by atoms with E-state index in [2.05, 4.69) is 5.32 Å². The Balaban J connectivity index is 1.95. The van der Waals surface area contributed by atoms with Crippen LogP contribution in [-0.4, -0.2) is 11.5 Å². The molecule has 0 fully saturated rings. The predicted octanol–water partition coefficient (Wildman–Crippen LogP) is 3.81. The second kappa shape index (κ2) is 5.59. The zero-order chi connectivity index (χ0) is 15.7. The van der Waals surface area contributed by atoms with Gasteiger partial charge < -0.3 is 10.1 Å². The fourth-order valence-corrected chi connectivity index (χ4v) is 2.48. The number of hydrogen-bond acceptors (Lipinski definition) is 4. The summed E-state index contributed by atoms with van der Waals surface area (Å²) in [6.45, 7) is 0.408. The van der Waals surface area contributed by atoms with Gasteiger partial charge in [-0.15, -0.1) is 0 Å². The summed E-state index contributed by atoms with van der Waals surface area (Å²) >= 11 is 0. The number of rotatable bonds is 3. The van der Waals surface area contributed by atoms with Crippen LogP contribution in [0.25, 0.3) is 0 Å². The van der Waals surface area contributed by atoms with Gasteiger partial charge in [0.25, 0.3) is 5.69 Å². The van der Waals surface area contributed by atoms with E-state index in [1.807, 2.05) is 0 Å². The molecule has 114 valence electrons. The highest BCUT2D eigenvalue weighted by molar-refractivity contribution is 5.63. The van der Waals surface area contributed by atoms with Crippen molar-refractivity contribution in [1.29, 1.82) is 0 Å². The molecule has 1 atom stereocenters. The molecule has 1 unspecified atom stereocenters. The highest BCUT2D eigenvalue weighted by atomic mass is 19.1. The van der Waals surface area contributed by atoms with Gasteiger partial charge in [0.2, 0.25) is 0 Å². The van der Waals surface area contributed by atoms with Crippen LogP contribution in [-0.2, 0) is 0 Å². The van der Waals surface area contributed by atoms with Gasteiger partial charge in [0.05, 0.1) is 23.6 Å². The molecule has 0 saturated heterocycles. The number of hydrogen-bond donors (Lipinski definition) is 1. The molecule has 0 amide bonds. The molecule has 7 heteroatoms. The molecule has 0 aliphatic carbocycles. The average molecular weight is 306 g/mol. The molecule has 1 aliphatic heterocycles. The monoisotopic (exact) mass is 306 g/mol. The average Bonchev–Trinajstić information content (AvgIpc) is 2.49. The standard InChI is InChI=1S/C15H12F2N2O3/c16-9-2-4-15-11(7-9)12(5-6-22-15)18-13-3-1-10(17)8-14(13)19(20)21/h1-4,7-8,12,18H,5-6H2. The molecule has 2 aromatic carbocycles. The Morgan fingerprint density at radius 1 is 1.18 bits per heavy atom. The fourth-order valence-electron chi connectivity index (χ4n) is 2.48. The van der Waals surface area contributed by atoms with Crippen molar-refractivity contribution in [2.45, 2.75) is 12.5 Å². The molecule has 0 radical (unpaired) electrons. The Hall–Kier alpha value is -2.70. The molecule has 22 heavy (non-hydrogen) atoms. The Morgan fingerprint density at radius 3 is 2.68 bits per heavy atom. The third-order valence-electron chi connectivity index (χ3n) is 3.50. The lowest BCUT2D eigenvalue weighted by molar-refractivity contribution is -0.384. The summed E-state index contributed by atoms with van der Waals surface area (Å²) in [5.74, 6) is -0.560. The van der Waals surface area contributed by atoms with Gasteiger partial charge in [-0.3, -0.25) is 10.1 Å². The van der Waals surface area contributed by atoms with Crippen LogP contribution in [0.15, 0.2) is 36.4 Å². The number of nitro groups is 1. The number of benzene rings is 2. The summed E-state index contributed by atoms with van der Waals surface area (Å²) in [7, 11) is 0. The Morgan fingerprint density at radius 2 is 1.91 bits per heavy atom. The predicted molar refractivity (Wildman–Crippen MR) is 75.9 cm³/mol. The molecule has 1 aliphatic rings. The summed E-state index contributed by atoms with van der Waals surface area (Å²) in [5.41, 5.74) is 0.419. The minimum Gasteiger partial charge on any atom is -0.493 e. The van der Waals surface area contributed by atoms with Crippen molar-refractivity contribution in [2.24, 2.45) is 0 Å². The number of nitrogens with zero attached hydrogens (tertiary/aromatic N) is 1. The van der Waals surface area contributed by atoms with Gasteiger partial charge in [-0.1, -0.05) is 0 Å². The first kappa shape index (κ1) is 14.2. The Labute approximate surface area is 124 Å². The summed E-state index contributed by atoms with van der Waals surface area (Å²) in [5, 5.41) is 14.0. The summed E-state index contributed by atoms with van der Waals surface area (Å²) in [6.07, 6.45) is 0.519. The summed E-state index contributed by atoms with van der Waals surface area (Å²) < 4.78 is 32.0. The minimum absolute atomic E-state index is 0.188. The molecule has 0 saturated carbocycles. The molecule has 0 aromatic heterocycles. The highest BCUT2D eigenvalue weighted by Gasteiger charge is 2.25. The van der Waals surface area contributed by atoms with Crippen molar-refractivity contribution < 1.29 is 18.4 Å². The lowest BCUT2D eigenvalue weighted by atomic mass is 10.00. The first-order valence-electron chi connectivity index (χ1n) is 6.67. The molecule has 2 aromatic rings. The van der Waals surface area contributed by atoms with Crippen molar-refractivity contribution in [3.05, 3.63) is 63.7 Å². The third kappa shape index (κ3) is 2.69. The molecule has 5 nitrogen and oxygen atoms in total. The maximum atomic E-state index is 13.4. The van der Waals surface area contributed by atoms with Gasteiger partial charge in [0.15, 0.2) is 0 Å². The number of anilines is 1. The molecule has 1 N–H and O–H groups in total. The summed E-state index contributed by atoms with van der Waals surface area (Å²) in [4.78, 5) is 10.4.